The Labute approximate surface area is 151 Å². The fraction of sp³-hybridized carbons (Fsp3) is 0.278. The molecule has 0 radical (unpaired) electrons. The Kier molecular flexibility index (Phi) is 6.35. The minimum absolute atomic E-state index is 0.0328. The molecule has 0 aliphatic carbocycles. The van der Waals surface area contributed by atoms with Crippen molar-refractivity contribution in [1.29, 1.82) is 0 Å². The van der Waals surface area contributed by atoms with Gasteiger partial charge in [-0.3, -0.25) is 4.79 Å². The number of carbonyl (C=O) groups excluding carboxylic acids is 1. The number of carbonyl (C=O) groups is 1. The second-order valence-electron chi connectivity index (χ2n) is 5.73. The second-order valence-corrected chi connectivity index (χ2v) is 5.73. The Morgan fingerprint density at radius 2 is 1.41 bits per heavy atom. The molecule has 0 aromatic heterocycles. The monoisotopic (exact) mass is 390 g/mol. The maximum atomic E-state index is 12.8. The predicted octanol–water partition coefficient (Wildman–Crippen LogP) is 4.50. The second kappa shape index (κ2) is 8.32. The number of nitrogens with one attached hydrogen (secondary N) is 2. The molecule has 9 heteroatoms. The topological polar surface area (TPSA) is 41.1 Å². The van der Waals surface area contributed by atoms with Crippen LogP contribution in [0.25, 0.3) is 0 Å². The Hall–Kier alpha value is -2.71. The Balaban J connectivity index is 1.96. The lowest BCUT2D eigenvalue weighted by Crippen LogP contribution is -2.31. The van der Waals surface area contributed by atoms with E-state index in [9.17, 15) is 31.1 Å². The van der Waals surface area contributed by atoms with E-state index in [-0.39, 0.29) is 6.07 Å². The van der Waals surface area contributed by atoms with Gasteiger partial charge in [0.2, 0.25) is 5.91 Å². The molecule has 0 atom stereocenters. The highest BCUT2D eigenvalue weighted by Gasteiger charge is 2.36. The van der Waals surface area contributed by atoms with Crippen molar-refractivity contribution in [2.45, 2.75) is 18.8 Å². The molecule has 0 saturated heterocycles. The highest BCUT2D eigenvalue weighted by atomic mass is 19.4. The molecule has 2 N–H and O–H groups in total. The number of hydrogen-bond acceptors (Lipinski definition) is 2. The van der Waals surface area contributed by atoms with Gasteiger partial charge in [-0.25, -0.2) is 0 Å². The van der Waals surface area contributed by atoms with Crippen LogP contribution in [-0.4, -0.2) is 19.0 Å². The fourth-order valence-electron chi connectivity index (χ4n) is 2.29. The van der Waals surface area contributed by atoms with Crippen molar-refractivity contribution in [3.8, 4) is 0 Å². The third-order valence-electron chi connectivity index (χ3n) is 3.62. The van der Waals surface area contributed by atoms with Crippen molar-refractivity contribution >= 4 is 11.6 Å². The summed E-state index contributed by atoms with van der Waals surface area (Å²) in [4.78, 5) is 11.8. The molecular formula is C18H16F6N2O. The van der Waals surface area contributed by atoms with Crippen LogP contribution in [0.1, 0.15) is 16.7 Å². The van der Waals surface area contributed by atoms with Gasteiger partial charge in [-0.1, -0.05) is 30.3 Å². The standard InChI is InChI=1S/C18H16F6N2O/c19-17(20,21)13-8-14(18(22,23)24)10-15(9-13)26-11-16(27)25-7-6-12-4-2-1-3-5-12/h1-5,8-10,26H,6-7,11H2,(H,25,27). The zero-order valence-electron chi connectivity index (χ0n) is 13.9. The van der Waals surface area contributed by atoms with Crippen LogP contribution in [0.3, 0.4) is 0 Å². The van der Waals surface area contributed by atoms with Crippen LogP contribution >= 0.6 is 0 Å². The van der Waals surface area contributed by atoms with E-state index in [1.807, 2.05) is 30.3 Å². The summed E-state index contributed by atoms with van der Waals surface area (Å²) in [5.74, 6) is -0.545. The number of benzene rings is 2. The van der Waals surface area contributed by atoms with E-state index in [4.69, 9.17) is 0 Å². The van der Waals surface area contributed by atoms with Gasteiger partial charge < -0.3 is 10.6 Å². The number of alkyl halides is 6. The van der Waals surface area contributed by atoms with Crippen LogP contribution in [0, 0.1) is 0 Å². The van der Waals surface area contributed by atoms with Gasteiger partial charge in [-0.15, -0.1) is 0 Å². The molecule has 0 aliphatic rings. The third kappa shape index (κ3) is 6.50. The average Bonchev–Trinajstić information content (AvgIpc) is 2.59. The van der Waals surface area contributed by atoms with Crippen molar-refractivity contribution in [2.75, 3.05) is 18.4 Å². The molecule has 0 heterocycles. The summed E-state index contributed by atoms with van der Waals surface area (Å²) in [6.45, 7) is -0.158. The number of hydrogen-bond donors (Lipinski definition) is 2. The van der Waals surface area contributed by atoms with E-state index in [2.05, 4.69) is 10.6 Å². The van der Waals surface area contributed by atoms with Gasteiger partial charge in [-0.2, -0.15) is 26.3 Å². The molecule has 3 nitrogen and oxygen atoms in total. The Bertz CT molecular complexity index is 739. The fourth-order valence-corrected chi connectivity index (χ4v) is 2.29. The lowest BCUT2D eigenvalue weighted by Gasteiger charge is -2.15. The lowest BCUT2D eigenvalue weighted by molar-refractivity contribution is -0.143. The minimum atomic E-state index is -4.93. The summed E-state index contributed by atoms with van der Waals surface area (Å²) in [5, 5.41) is 4.85. The normalized spacial score (nSPS) is 11.9. The predicted molar refractivity (Wildman–Crippen MR) is 88.1 cm³/mol. The molecule has 0 unspecified atom stereocenters. The molecule has 0 spiro atoms. The number of anilines is 1. The Morgan fingerprint density at radius 3 is 1.93 bits per heavy atom. The van der Waals surface area contributed by atoms with Gasteiger partial charge >= 0.3 is 12.4 Å². The van der Waals surface area contributed by atoms with Gasteiger partial charge in [0.05, 0.1) is 17.7 Å². The van der Waals surface area contributed by atoms with Gasteiger partial charge in [0.25, 0.3) is 0 Å². The van der Waals surface area contributed by atoms with Crippen LogP contribution in [0.2, 0.25) is 0 Å². The van der Waals surface area contributed by atoms with Crippen LogP contribution in [-0.2, 0) is 23.6 Å². The van der Waals surface area contributed by atoms with Crippen LogP contribution in [0.15, 0.2) is 48.5 Å². The maximum absolute atomic E-state index is 12.8. The zero-order chi connectivity index (χ0) is 20.1. The van der Waals surface area contributed by atoms with Gasteiger partial charge in [0.15, 0.2) is 0 Å². The largest absolute Gasteiger partial charge is 0.416 e. The number of amides is 1. The first kappa shape index (κ1) is 20.6. The molecule has 146 valence electrons. The summed E-state index contributed by atoms with van der Waals surface area (Å²) in [6, 6.07) is 10.4. The first-order chi connectivity index (χ1) is 12.6. The maximum Gasteiger partial charge on any atom is 0.416 e. The highest BCUT2D eigenvalue weighted by molar-refractivity contribution is 5.80. The van der Waals surface area contributed by atoms with E-state index < -0.39 is 41.6 Å². The first-order valence-corrected chi connectivity index (χ1v) is 7.89. The quantitative estimate of drug-likeness (QED) is 0.714. The molecule has 0 fully saturated rings. The smallest absolute Gasteiger partial charge is 0.376 e. The van der Waals surface area contributed by atoms with E-state index in [1.54, 1.807) is 0 Å². The molecule has 0 saturated carbocycles. The summed E-state index contributed by atoms with van der Waals surface area (Å²) < 4.78 is 76.7. The van der Waals surface area contributed by atoms with Crippen molar-refractivity contribution in [2.24, 2.45) is 0 Å². The SMILES string of the molecule is O=C(CNc1cc(C(F)(F)F)cc(C(F)(F)F)c1)NCCc1ccccc1. The van der Waals surface area contributed by atoms with Crippen molar-refractivity contribution < 1.29 is 31.1 Å². The molecule has 1 amide bonds. The molecule has 0 aliphatic heterocycles. The minimum Gasteiger partial charge on any atom is -0.376 e. The van der Waals surface area contributed by atoms with E-state index in [0.29, 0.717) is 25.1 Å². The highest BCUT2D eigenvalue weighted by Crippen LogP contribution is 2.37. The molecule has 2 rings (SSSR count). The van der Waals surface area contributed by atoms with Crippen molar-refractivity contribution in [3.63, 3.8) is 0 Å². The van der Waals surface area contributed by atoms with Crippen LogP contribution < -0.4 is 10.6 Å². The lowest BCUT2D eigenvalue weighted by atomic mass is 10.1. The molecule has 2 aromatic rings. The van der Waals surface area contributed by atoms with Crippen molar-refractivity contribution in [1.82, 2.24) is 5.32 Å². The van der Waals surface area contributed by atoms with E-state index in [0.717, 1.165) is 5.56 Å². The molecule has 27 heavy (non-hydrogen) atoms. The van der Waals surface area contributed by atoms with Crippen LogP contribution in [0.5, 0.6) is 0 Å². The zero-order valence-corrected chi connectivity index (χ0v) is 13.9. The summed E-state index contributed by atoms with van der Waals surface area (Å²) >= 11 is 0. The summed E-state index contributed by atoms with van der Waals surface area (Å²) in [5.41, 5.74) is -2.33. The average molecular weight is 390 g/mol. The molecular weight excluding hydrogens is 374 g/mol. The number of rotatable bonds is 6. The van der Waals surface area contributed by atoms with E-state index >= 15 is 0 Å². The first-order valence-electron chi connectivity index (χ1n) is 7.89. The molecule has 0 bridgehead atoms. The van der Waals surface area contributed by atoms with E-state index in [1.165, 1.54) is 0 Å². The van der Waals surface area contributed by atoms with Crippen molar-refractivity contribution in [3.05, 3.63) is 65.2 Å². The van der Waals surface area contributed by atoms with Gasteiger partial charge in [-0.05, 0) is 30.2 Å². The molecule has 2 aromatic carbocycles. The van der Waals surface area contributed by atoms with Gasteiger partial charge in [0.1, 0.15) is 0 Å². The van der Waals surface area contributed by atoms with Gasteiger partial charge in [0, 0.05) is 12.2 Å². The number of halogens is 6. The summed E-state index contributed by atoms with van der Waals surface area (Å²) in [7, 11) is 0. The summed E-state index contributed by atoms with van der Waals surface area (Å²) in [6.07, 6.45) is -9.32. The van der Waals surface area contributed by atoms with Crippen LogP contribution in [0.4, 0.5) is 32.0 Å². The Morgan fingerprint density at radius 1 is 0.852 bits per heavy atom. The third-order valence-corrected chi connectivity index (χ3v) is 3.62.